The van der Waals surface area contributed by atoms with Gasteiger partial charge in [0, 0.05) is 16.4 Å². The number of nitrogens with one attached hydrogen (secondary N) is 2. The molecular weight excluding hydrogens is 433 g/mol. The molecule has 1 aromatic heterocycles. The van der Waals surface area contributed by atoms with Gasteiger partial charge in [-0.15, -0.1) is 11.3 Å². The van der Waals surface area contributed by atoms with Gasteiger partial charge in [-0.3, -0.25) is 4.72 Å². The molecule has 1 atom stereocenters. The molecule has 2 N–H and O–H groups in total. The van der Waals surface area contributed by atoms with Crippen molar-refractivity contribution in [3.05, 3.63) is 64.5 Å². The number of hydrogen-bond donors (Lipinski definition) is 2. The van der Waals surface area contributed by atoms with E-state index in [-0.39, 0.29) is 6.04 Å². The number of benzene rings is 2. The molecule has 1 heterocycles. The van der Waals surface area contributed by atoms with Gasteiger partial charge in [0.25, 0.3) is 0 Å². The van der Waals surface area contributed by atoms with Gasteiger partial charge in [0.05, 0.1) is 11.8 Å². The van der Waals surface area contributed by atoms with Gasteiger partial charge in [-0.25, -0.2) is 8.42 Å². The van der Waals surface area contributed by atoms with E-state index in [1.807, 2.05) is 24.4 Å². The molecule has 4 nitrogen and oxygen atoms in total. The second kappa shape index (κ2) is 8.95. The maximum atomic E-state index is 12.8. The van der Waals surface area contributed by atoms with E-state index < -0.39 is 21.8 Å². The summed E-state index contributed by atoms with van der Waals surface area (Å²) >= 11 is 1.59. The van der Waals surface area contributed by atoms with Crippen molar-refractivity contribution in [1.29, 1.82) is 0 Å². The largest absolute Gasteiger partial charge is 0.416 e. The zero-order valence-electron chi connectivity index (χ0n) is 16.6. The molecule has 0 amide bonds. The fourth-order valence-corrected chi connectivity index (χ4v) is 4.88. The molecule has 162 valence electrons. The fraction of sp³-hybridized carbons (Fsp3) is 0.333. The maximum absolute atomic E-state index is 12.8. The van der Waals surface area contributed by atoms with Crippen molar-refractivity contribution in [2.45, 2.75) is 32.0 Å². The molecule has 1 unspecified atom stereocenters. The Morgan fingerprint density at radius 1 is 1.13 bits per heavy atom. The Morgan fingerprint density at radius 3 is 2.60 bits per heavy atom. The lowest BCUT2D eigenvalue weighted by molar-refractivity contribution is -0.137. The Balaban J connectivity index is 1.61. The molecule has 0 fully saturated rings. The van der Waals surface area contributed by atoms with Crippen LogP contribution in [0, 0.1) is 0 Å². The second-order valence-electron chi connectivity index (χ2n) is 7.25. The summed E-state index contributed by atoms with van der Waals surface area (Å²) in [5.41, 5.74) is 1.62. The Labute approximate surface area is 178 Å². The highest BCUT2D eigenvalue weighted by atomic mass is 32.2. The molecule has 3 aromatic rings. The summed E-state index contributed by atoms with van der Waals surface area (Å²) in [5.74, 6) is 0. The maximum Gasteiger partial charge on any atom is 0.416 e. The summed E-state index contributed by atoms with van der Waals surface area (Å²) in [7, 11) is -3.35. The number of anilines is 1. The average molecular weight is 457 g/mol. The number of fused-ring (bicyclic) bond motifs is 1. The third kappa shape index (κ3) is 5.96. The van der Waals surface area contributed by atoms with Gasteiger partial charge >= 0.3 is 6.18 Å². The summed E-state index contributed by atoms with van der Waals surface area (Å²) in [6.07, 6.45) is -1.96. The van der Waals surface area contributed by atoms with Crippen molar-refractivity contribution in [3.8, 4) is 0 Å². The number of hydrogen-bond acceptors (Lipinski definition) is 4. The molecule has 3 rings (SSSR count). The van der Waals surface area contributed by atoms with Crippen LogP contribution >= 0.6 is 11.3 Å². The normalized spacial score (nSPS) is 13.5. The Bertz CT molecular complexity index is 1120. The number of thiophene rings is 1. The van der Waals surface area contributed by atoms with Crippen LogP contribution in [-0.4, -0.2) is 21.2 Å². The lowest BCUT2D eigenvalue weighted by atomic mass is 10.0. The van der Waals surface area contributed by atoms with Crippen molar-refractivity contribution in [2.75, 3.05) is 17.5 Å². The highest BCUT2D eigenvalue weighted by Gasteiger charge is 2.30. The number of halogens is 3. The standard InChI is InChI=1S/C21H23F3N2O2S2/c1-14(25-10-4-6-15-5-3-7-16(11-15)21(22,23)24)19-13-29-20-9-8-17(12-18(19)20)26-30(2,27)28/h3,5,7-9,11-14,25-26H,4,6,10H2,1-2H3. The summed E-state index contributed by atoms with van der Waals surface area (Å²) in [6, 6.07) is 10.9. The molecule has 0 radical (unpaired) electrons. The van der Waals surface area contributed by atoms with Gasteiger partial charge < -0.3 is 5.32 Å². The summed E-state index contributed by atoms with van der Waals surface area (Å²) < 4.78 is 65.0. The molecule has 0 spiro atoms. The predicted molar refractivity (Wildman–Crippen MR) is 116 cm³/mol. The minimum absolute atomic E-state index is 0.0220. The number of alkyl halides is 3. The van der Waals surface area contributed by atoms with Crippen molar-refractivity contribution >= 4 is 37.1 Å². The molecular formula is C21H23F3N2O2S2. The van der Waals surface area contributed by atoms with Gasteiger partial charge in [-0.1, -0.05) is 18.2 Å². The Hall–Kier alpha value is -2.10. The van der Waals surface area contributed by atoms with Crippen LogP contribution in [0.1, 0.15) is 36.1 Å². The fourth-order valence-electron chi connectivity index (χ4n) is 3.29. The number of sulfonamides is 1. The Morgan fingerprint density at radius 2 is 1.90 bits per heavy atom. The van der Waals surface area contributed by atoms with E-state index in [1.54, 1.807) is 23.5 Å². The van der Waals surface area contributed by atoms with Crippen LogP contribution < -0.4 is 10.0 Å². The van der Waals surface area contributed by atoms with Crippen LogP contribution in [0.15, 0.2) is 47.8 Å². The van der Waals surface area contributed by atoms with Gasteiger partial charge in [0.1, 0.15) is 0 Å². The van der Waals surface area contributed by atoms with Crippen LogP contribution in [0.3, 0.4) is 0 Å². The molecule has 0 saturated heterocycles. The molecule has 2 aromatic carbocycles. The van der Waals surface area contributed by atoms with Crippen molar-refractivity contribution < 1.29 is 21.6 Å². The van der Waals surface area contributed by atoms with Crippen molar-refractivity contribution in [2.24, 2.45) is 0 Å². The van der Waals surface area contributed by atoms with E-state index in [1.165, 1.54) is 12.1 Å². The average Bonchev–Trinajstić information content (AvgIpc) is 3.06. The summed E-state index contributed by atoms with van der Waals surface area (Å²) in [6.45, 7) is 2.67. The van der Waals surface area contributed by atoms with Crippen LogP contribution in [0.2, 0.25) is 0 Å². The molecule has 0 bridgehead atoms. The van der Waals surface area contributed by atoms with E-state index in [4.69, 9.17) is 0 Å². The lowest BCUT2D eigenvalue weighted by Gasteiger charge is -2.14. The zero-order chi connectivity index (χ0) is 21.9. The van der Waals surface area contributed by atoms with Crippen LogP contribution in [0.25, 0.3) is 10.1 Å². The summed E-state index contributed by atoms with van der Waals surface area (Å²) in [4.78, 5) is 0. The monoisotopic (exact) mass is 456 g/mol. The second-order valence-corrected chi connectivity index (χ2v) is 9.91. The van der Waals surface area contributed by atoms with Crippen LogP contribution in [0.4, 0.5) is 18.9 Å². The molecule has 0 aliphatic rings. The van der Waals surface area contributed by atoms with E-state index in [2.05, 4.69) is 10.0 Å². The molecule has 0 aliphatic heterocycles. The SMILES string of the molecule is CC(NCCCc1cccc(C(F)(F)F)c1)c1csc2ccc(NS(C)(=O)=O)cc12. The van der Waals surface area contributed by atoms with E-state index in [0.29, 0.717) is 30.6 Å². The van der Waals surface area contributed by atoms with E-state index in [0.717, 1.165) is 28.0 Å². The topological polar surface area (TPSA) is 58.2 Å². The zero-order valence-corrected chi connectivity index (χ0v) is 18.2. The van der Waals surface area contributed by atoms with Crippen LogP contribution in [-0.2, 0) is 22.6 Å². The Kier molecular flexibility index (Phi) is 6.74. The first kappa shape index (κ1) is 22.6. The molecule has 0 saturated carbocycles. The smallest absolute Gasteiger partial charge is 0.310 e. The molecule has 9 heteroatoms. The predicted octanol–water partition coefficient (Wildman–Crippen LogP) is 5.58. The quantitative estimate of drug-likeness (QED) is 0.436. The number of aryl methyl sites for hydroxylation is 1. The summed E-state index contributed by atoms with van der Waals surface area (Å²) in [5, 5.41) is 6.43. The van der Waals surface area contributed by atoms with Crippen molar-refractivity contribution in [3.63, 3.8) is 0 Å². The van der Waals surface area contributed by atoms with Crippen LogP contribution in [0.5, 0.6) is 0 Å². The first-order chi connectivity index (χ1) is 14.0. The van der Waals surface area contributed by atoms with Gasteiger partial charge in [-0.05, 0) is 72.5 Å². The minimum atomic E-state index is -4.33. The number of rotatable bonds is 8. The first-order valence-electron chi connectivity index (χ1n) is 9.41. The van der Waals surface area contributed by atoms with Gasteiger partial charge in [-0.2, -0.15) is 13.2 Å². The third-order valence-electron chi connectivity index (χ3n) is 4.72. The lowest BCUT2D eigenvalue weighted by Crippen LogP contribution is -2.20. The first-order valence-corrected chi connectivity index (χ1v) is 12.2. The highest BCUT2D eigenvalue weighted by molar-refractivity contribution is 7.92. The highest BCUT2D eigenvalue weighted by Crippen LogP contribution is 2.33. The minimum Gasteiger partial charge on any atom is -0.310 e. The molecule has 0 aliphatic carbocycles. The third-order valence-corrected chi connectivity index (χ3v) is 6.31. The van der Waals surface area contributed by atoms with Gasteiger partial charge in [0.2, 0.25) is 10.0 Å². The van der Waals surface area contributed by atoms with E-state index >= 15 is 0 Å². The van der Waals surface area contributed by atoms with Gasteiger partial charge in [0.15, 0.2) is 0 Å². The molecule has 30 heavy (non-hydrogen) atoms. The van der Waals surface area contributed by atoms with E-state index in [9.17, 15) is 21.6 Å². The van der Waals surface area contributed by atoms with Crippen molar-refractivity contribution in [1.82, 2.24) is 5.32 Å².